The molecule has 14 heavy (non-hydrogen) atoms. The number of hydrogen-bond acceptors (Lipinski definition) is 2. The van der Waals surface area contributed by atoms with Crippen LogP contribution in [0, 0.1) is 0 Å². The highest BCUT2D eigenvalue weighted by Gasteiger charge is 2.34. The second-order valence-corrected chi connectivity index (χ2v) is 2.94. The van der Waals surface area contributed by atoms with Crippen molar-refractivity contribution in [2.24, 2.45) is 0 Å². The highest BCUT2D eigenvalue weighted by Crippen LogP contribution is 2.34. The molecule has 1 atom stereocenters. The van der Waals surface area contributed by atoms with Gasteiger partial charge in [0.1, 0.15) is 0 Å². The van der Waals surface area contributed by atoms with Gasteiger partial charge in [0, 0.05) is 12.4 Å². The predicted molar refractivity (Wildman–Crippen MR) is 44.9 cm³/mol. The lowest BCUT2D eigenvalue weighted by Gasteiger charge is -2.14. The van der Waals surface area contributed by atoms with Gasteiger partial charge in [-0.2, -0.15) is 13.2 Å². The number of alkyl halides is 4. The molecule has 6 heteroatoms. The lowest BCUT2D eigenvalue weighted by molar-refractivity contribution is -0.139. The van der Waals surface area contributed by atoms with Gasteiger partial charge in [-0.25, -0.2) is 0 Å². The third-order valence-corrected chi connectivity index (χ3v) is 1.96. The number of aliphatic hydroxyl groups excluding tert-OH is 1. The fraction of sp³-hybridized carbons (Fsp3) is 0.375. The third-order valence-electron chi connectivity index (χ3n) is 1.67. The van der Waals surface area contributed by atoms with Crippen LogP contribution in [0.15, 0.2) is 18.5 Å². The van der Waals surface area contributed by atoms with Crippen molar-refractivity contribution in [3.8, 4) is 0 Å². The summed E-state index contributed by atoms with van der Waals surface area (Å²) in [5.41, 5.74) is -1.20. The summed E-state index contributed by atoms with van der Waals surface area (Å²) in [6.45, 7) is 0. The molecule has 2 nitrogen and oxygen atoms in total. The van der Waals surface area contributed by atoms with Gasteiger partial charge >= 0.3 is 6.18 Å². The molecule has 1 aromatic rings. The number of aliphatic hydroxyl groups is 1. The average Bonchev–Trinajstić information content (AvgIpc) is 2.15. The van der Waals surface area contributed by atoms with E-state index in [1.54, 1.807) is 0 Å². The molecule has 0 aliphatic rings. The molecule has 0 saturated heterocycles. The molecule has 0 fully saturated rings. The van der Waals surface area contributed by atoms with Crippen LogP contribution >= 0.6 is 11.6 Å². The summed E-state index contributed by atoms with van der Waals surface area (Å²) in [4.78, 5) is 3.35. The number of rotatable bonds is 2. The minimum Gasteiger partial charge on any atom is -0.387 e. The van der Waals surface area contributed by atoms with Crippen LogP contribution in [-0.4, -0.2) is 16.0 Å². The third kappa shape index (κ3) is 2.36. The molecule has 0 aliphatic carbocycles. The number of hydrogen-bond donors (Lipinski definition) is 1. The molecule has 0 aliphatic heterocycles. The van der Waals surface area contributed by atoms with Crippen molar-refractivity contribution >= 4 is 11.6 Å². The van der Waals surface area contributed by atoms with E-state index in [4.69, 9.17) is 11.6 Å². The minimum absolute atomic E-state index is 0.248. The maximum Gasteiger partial charge on any atom is 0.418 e. The standard InChI is InChI=1S/C8H7ClF3NO/c9-3-7(14)5-1-2-13-4-6(5)8(10,11)12/h1-2,4,7,14H,3H2. The fourth-order valence-electron chi connectivity index (χ4n) is 1.02. The van der Waals surface area contributed by atoms with Crippen LogP contribution in [0.3, 0.4) is 0 Å². The zero-order chi connectivity index (χ0) is 10.8. The van der Waals surface area contributed by atoms with Gasteiger partial charge < -0.3 is 5.11 Å². The van der Waals surface area contributed by atoms with E-state index in [1.165, 1.54) is 6.20 Å². The Morgan fingerprint density at radius 3 is 2.64 bits per heavy atom. The molecule has 1 N–H and O–H groups in total. The first-order valence-corrected chi connectivity index (χ1v) is 4.25. The van der Waals surface area contributed by atoms with Crippen molar-refractivity contribution in [1.82, 2.24) is 4.98 Å². The van der Waals surface area contributed by atoms with Gasteiger partial charge in [0.05, 0.1) is 17.5 Å². The van der Waals surface area contributed by atoms with Gasteiger partial charge in [0.2, 0.25) is 0 Å². The van der Waals surface area contributed by atoms with E-state index in [0.717, 1.165) is 6.07 Å². The maximum absolute atomic E-state index is 12.4. The van der Waals surface area contributed by atoms with Gasteiger partial charge in [-0.05, 0) is 11.6 Å². The summed E-state index contributed by atoms with van der Waals surface area (Å²) in [7, 11) is 0. The Labute approximate surface area is 83.3 Å². The van der Waals surface area contributed by atoms with Crippen molar-refractivity contribution in [3.05, 3.63) is 29.6 Å². The molecule has 1 rings (SSSR count). The number of aromatic nitrogens is 1. The number of halogens is 4. The predicted octanol–water partition coefficient (Wildman–Crippen LogP) is 2.37. The SMILES string of the molecule is OC(CCl)c1ccncc1C(F)(F)F. The molecule has 0 bridgehead atoms. The quantitative estimate of drug-likeness (QED) is 0.784. The van der Waals surface area contributed by atoms with Crippen LogP contribution in [0.5, 0.6) is 0 Å². The molecule has 0 aromatic carbocycles. The van der Waals surface area contributed by atoms with Gasteiger partial charge in [-0.3, -0.25) is 4.98 Å². The first-order valence-electron chi connectivity index (χ1n) is 3.72. The lowest BCUT2D eigenvalue weighted by atomic mass is 10.1. The zero-order valence-electron chi connectivity index (χ0n) is 6.92. The van der Waals surface area contributed by atoms with Crippen molar-refractivity contribution in [3.63, 3.8) is 0 Å². The van der Waals surface area contributed by atoms with E-state index in [-0.39, 0.29) is 11.4 Å². The second-order valence-electron chi connectivity index (χ2n) is 2.63. The first-order chi connectivity index (χ1) is 6.46. The highest BCUT2D eigenvalue weighted by atomic mass is 35.5. The Morgan fingerprint density at radius 1 is 1.50 bits per heavy atom. The average molecular weight is 226 g/mol. The Balaban J connectivity index is 3.16. The summed E-state index contributed by atoms with van der Waals surface area (Å²) in [5, 5.41) is 9.21. The van der Waals surface area contributed by atoms with Crippen molar-refractivity contribution in [2.45, 2.75) is 12.3 Å². The van der Waals surface area contributed by atoms with Gasteiger partial charge in [0.25, 0.3) is 0 Å². The lowest BCUT2D eigenvalue weighted by Crippen LogP contribution is -2.13. The molecule has 0 saturated carbocycles. The van der Waals surface area contributed by atoms with Gasteiger partial charge in [-0.15, -0.1) is 11.6 Å². The summed E-state index contributed by atoms with van der Waals surface area (Å²) < 4.78 is 37.1. The van der Waals surface area contributed by atoms with E-state index in [9.17, 15) is 18.3 Å². The Hall–Kier alpha value is -0.810. The summed E-state index contributed by atoms with van der Waals surface area (Å²) >= 11 is 5.27. The zero-order valence-corrected chi connectivity index (χ0v) is 7.68. The van der Waals surface area contributed by atoms with Crippen LogP contribution in [0.4, 0.5) is 13.2 Å². The molecule has 78 valence electrons. The number of nitrogens with zero attached hydrogens (tertiary/aromatic N) is 1. The van der Waals surface area contributed by atoms with Gasteiger partial charge in [0.15, 0.2) is 0 Å². The van der Waals surface area contributed by atoms with Crippen LogP contribution in [0.1, 0.15) is 17.2 Å². The molecule has 1 aromatic heterocycles. The number of pyridine rings is 1. The molecule has 0 amide bonds. The van der Waals surface area contributed by atoms with Gasteiger partial charge in [-0.1, -0.05) is 0 Å². The monoisotopic (exact) mass is 225 g/mol. The summed E-state index contributed by atoms with van der Waals surface area (Å²) in [5.74, 6) is -0.285. The van der Waals surface area contributed by atoms with Crippen LogP contribution in [-0.2, 0) is 6.18 Å². The smallest absolute Gasteiger partial charge is 0.387 e. The Kier molecular flexibility index (Phi) is 3.34. The maximum atomic E-state index is 12.4. The molecular formula is C8H7ClF3NO. The first kappa shape index (κ1) is 11.3. The summed E-state index contributed by atoms with van der Waals surface area (Å²) in [6.07, 6.45) is -3.99. The molecular weight excluding hydrogens is 219 g/mol. The Morgan fingerprint density at radius 2 is 2.14 bits per heavy atom. The normalized spacial score (nSPS) is 14.1. The van der Waals surface area contributed by atoms with E-state index < -0.39 is 17.8 Å². The molecule has 0 spiro atoms. The summed E-state index contributed by atoms with van der Waals surface area (Å²) in [6, 6.07) is 1.11. The van der Waals surface area contributed by atoms with Crippen LogP contribution in [0.2, 0.25) is 0 Å². The molecule has 0 radical (unpaired) electrons. The van der Waals surface area contributed by atoms with Crippen LogP contribution in [0.25, 0.3) is 0 Å². The van der Waals surface area contributed by atoms with E-state index >= 15 is 0 Å². The van der Waals surface area contributed by atoms with Crippen molar-refractivity contribution in [2.75, 3.05) is 5.88 Å². The largest absolute Gasteiger partial charge is 0.418 e. The highest BCUT2D eigenvalue weighted by molar-refractivity contribution is 6.18. The Bertz CT molecular complexity index is 316. The van der Waals surface area contributed by atoms with E-state index in [2.05, 4.69) is 4.98 Å². The van der Waals surface area contributed by atoms with Crippen LogP contribution < -0.4 is 0 Å². The van der Waals surface area contributed by atoms with Crippen molar-refractivity contribution < 1.29 is 18.3 Å². The van der Waals surface area contributed by atoms with E-state index in [0.29, 0.717) is 6.20 Å². The topological polar surface area (TPSA) is 33.1 Å². The molecule has 1 heterocycles. The minimum atomic E-state index is -4.52. The van der Waals surface area contributed by atoms with Crippen molar-refractivity contribution in [1.29, 1.82) is 0 Å². The van der Waals surface area contributed by atoms with E-state index in [1.807, 2.05) is 0 Å². The fourth-order valence-corrected chi connectivity index (χ4v) is 1.18. The molecule has 1 unspecified atom stereocenters. The second kappa shape index (κ2) is 4.14.